The van der Waals surface area contributed by atoms with Gasteiger partial charge in [-0.25, -0.2) is 0 Å². The Kier molecular flexibility index (Phi) is 10.7. The van der Waals surface area contributed by atoms with E-state index in [1.807, 2.05) is 0 Å². The minimum atomic E-state index is -2.69. The number of hydrogen-bond acceptors (Lipinski definition) is 2. The maximum atomic E-state index is 6.90. The molecular formula is C34H50Br2GeO2. The molecule has 0 aromatic heterocycles. The monoisotopic (exact) mass is 722 g/mol. The predicted molar refractivity (Wildman–Crippen MR) is 176 cm³/mol. The van der Waals surface area contributed by atoms with Crippen molar-refractivity contribution in [3.8, 4) is 11.5 Å². The molecule has 0 atom stereocenters. The van der Waals surface area contributed by atoms with Crippen LogP contribution in [0.1, 0.15) is 117 Å². The van der Waals surface area contributed by atoms with Crippen LogP contribution in [-0.4, -0.2) is 24.1 Å². The van der Waals surface area contributed by atoms with Crippen LogP contribution >= 0.6 is 31.9 Å². The summed E-state index contributed by atoms with van der Waals surface area (Å²) in [5.74, 6) is 2.00. The molecule has 39 heavy (non-hydrogen) atoms. The van der Waals surface area contributed by atoms with Gasteiger partial charge in [-0.2, -0.15) is 0 Å². The van der Waals surface area contributed by atoms with Crippen molar-refractivity contribution in [2.45, 2.75) is 126 Å². The zero-order valence-corrected chi connectivity index (χ0v) is 30.4. The summed E-state index contributed by atoms with van der Waals surface area (Å²) in [6.45, 7) is 13.6. The van der Waals surface area contributed by atoms with Crippen molar-refractivity contribution in [2.75, 3.05) is 10.9 Å². The van der Waals surface area contributed by atoms with Crippen LogP contribution in [0.15, 0.2) is 45.3 Å². The molecule has 2 saturated carbocycles. The molecule has 2 aliphatic rings. The van der Waals surface area contributed by atoms with Crippen LogP contribution in [0, 0.1) is 0 Å². The summed E-state index contributed by atoms with van der Waals surface area (Å²) in [6.07, 6.45) is 13.8. The fourth-order valence-electron chi connectivity index (χ4n) is 6.79. The Morgan fingerprint density at radius 3 is 1.28 bits per heavy atom. The first-order valence-corrected chi connectivity index (χ1v) is 22.2. The van der Waals surface area contributed by atoms with Gasteiger partial charge in [0.2, 0.25) is 0 Å². The topological polar surface area (TPSA) is 18.5 Å². The molecule has 2 nitrogen and oxygen atoms in total. The van der Waals surface area contributed by atoms with Gasteiger partial charge in [0.15, 0.2) is 0 Å². The molecule has 0 heterocycles. The number of benzene rings is 2. The Hall–Kier alpha value is -0.457. The minimum absolute atomic E-state index is 0.122. The summed E-state index contributed by atoms with van der Waals surface area (Å²) in [4.78, 5) is 0. The van der Waals surface area contributed by atoms with E-state index < -0.39 is 13.3 Å². The Morgan fingerprint density at radius 2 is 0.974 bits per heavy atom. The third-order valence-electron chi connectivity index (χ3n) is 9.43. The van der Waals surface area contributed by atoms with Gasteiger partial charge in [0, 0.05) is 0 Å². The Balaban J connectivity index is 1.65. The van der Waals surface area contributed by atoms with Gasteiger partial charge >= 0.3 is 260 Å². The summed E-state index contributed by atoms with van der Waals surface area (Å²) in [5.41, 5.74) is 4.72. The first-order chi connectivity index (χ1) is 18.4. The van der Waals surface area contributed by atoms with E-state index in [1.54, 1.807) is 0 Å². The van der Waals surface area contributed by atoms with Gasteiger partial charge in [0.1, 0.15) is 0 Å². The number of ether oxygens (including phenoxy) is 2. The van der Waals surface area contributed by atoms with E-state index in [0.29, 0.717) is 0 Å². The van der Waals surface area contributed by atoms with Gasteiger partial charge in [-0.15, -0.1) is 0 Å². The van der Waals surface area contributed by atoms with Crippen LogP contribution < -0.4 is 9.47 Å². The Morgan fingerprint density at radius 1 is 0.615 bits per heavy atom. The fourth-order valence-corrected chi connectivity index (χ4v) is 19.7. The molecule has 0 radical (unpaired) electrons. The average molecular weight is 723 g/mol. The molecule has 4 rings (SSSR count). The molecule has 2 aromatic carbocycles. The van der Waals surface area contributed by atoms with E-state index in [9.17, 15) is 0 Å². The standard InChI is InChI=1S/C34H50Br2GeO2/c1-33(2,3)25-17-19-31(29(35)21-25)38-23-37(27-13-9-7-10-14-27,28-15-11-8-12-16-28)24-39-32-20-18-26(22-30(32)36)34(4,5)6/h17-22,27-28H,7-16,23-24H2,1-6H3. The molecular weight excluding hydrogens is 673 g/mol. The molecule has 2 fully saturated rings. The van der Waals surface area contributed by atoms with Crippen LogP contribution in [0.3, 0.4) is 0 Å². The molecule has 0 aliphatic heterocycles. The number of rotatable bonds is 8. The molecule has 216 valence electrons. The molecule has 0 amide bonds. The maximum absolute atomic E-state index is 6.90. The summed E-state index contributed by atoms with van der Waals surface area (Å²) in [7, 11) is 0. The van der Waals surface area contributed by atoms with Crippen molar-refractivity contribution in [3.05, 3.63) is 56.5 Å². The van der Waals surface area contributed by atoms with E-state index in [4.69, 9.17) is 9.47 Å². The van der Waals surface area contributed by atoms with Crippen LogP contribution in [0.2, 0.25) is 9.50 Å². The third kappa shape index (κ3) is 7.89. The van der Waals surface area contributed by atoms with E-state index in [-0.39, 0.29) is 10.8 Å². The molecule has 0 saturated heterocycles. The van der Waals surface area contributed by atoms with Gasteiger partial charge in [0.05, 0.1) is 0 Å². The van der Waals surface area contributed by atoms with Gasteiger partial charge in [0.25, 0.3) is 0 Å². The zero-order valence-electron chi connectivity index (χ0n) is 25.2. The van der Waals surface area contributed by atoms with Crippen molar-refractivity contribution in [1.82, 2.24) is 0 Å². The molecule has 5 heteroatoms. The van der Waals surface area contributed by atoms with Crippen LogP contribution in [0.4, 0.5) is 0 Å². The Labute approximate surface area is 258 Å². The SMILES string of the molecule is CC(C)(C)c1ccc(O[CH2][Ge]([CH2]Oc2ccc(C(C)(C)C)cc2Br)([CH]2CCCCC2)[CH]2CCCCC2)c(Br)c1. The van der Waals surface area contributed by atoms with Gasteiger partial charge in [-0.05, 0) is 0 Å². The second-order valence-corrected chi connectivity index (χ2v) is 25.8. The second kappa shape index (κ2) is 13.2. The molecule has 0 unspecified atom stereocenters. The van der Waals surface area contributed by atoms with Crippen molar-refractivity contribution in [2.24, 2.45) is 0 Å². The van der Waals surface area contributed by atoms with Crippen LogP contribution in [0.5, 0.6) is 11.5 Å². The first kappa shape index (κ1) is 31.5. The van der Waals surface area contributed by atoms with Crippen LogP contribution in [-0.2, 0) is 10.8 Å². The average Bonchev–Trinajstić information content (AvgIpc) is 2.90. The van der Waals surface area contributed by atoms with Crippen molar-refractivity contribution in [1.29, 1.82) is 0 Å². The van der Waals surface area contributed by atoms with E-state index in [0.717, 1.165) is 40.8 Å². The quantitative estimate of drug-likeness (QED) is 0.253. The number of hydrogen-bond donors (Lipinski definition) is 0. The van der Waals surface area contributed by atoms with E-state index in [2.05, 4.69) is 110 Å². The molecule has 0 spiro atoms. The van der Waals surface area contributed by atoms with E-state index in [1.165, 1.54) is 75.3 Å². The molecule has 0 bridgehead atoms. The normalized spacial score (nSPS) is 18.3. The molecule has 2 aliphatic carbocycles. The molecule has 2 aromatic rings. The number of halogens is 2. The summed E-state index contributed by atoms with van der Waals surface area (Å²) < 4.78 is 17.6. The van der Waals surface area contributed by atoms with Crippen LogP contribution in [0.25, 0.3) is 0 Å². The Bertz CT molecular complexity index is 1000. The summed E-state index contributed by atoms with van der Waals surface area (Å²) in [5, 5.41) is 0. The summed E-state index contributed by atoms with van der Waals surface area (Å²) >= 11 is 5.04. The van der Waals surface area contributed by atoms with Crippen molar-refractivity contribution < 1.29 is 9.47 Å². The van der Waals surface area contributed by atoms with Gasteiger partial charge in [-0.1, -0.05) is 0 Å². The van der Waals surface area contributed by atoms with Crippen molar-refractivity contribution >= 4 is 45.1 Å². The van der Waals surface area contributed by atoms with Gasteiger partial charge in [-0.3, -0.25) is 0 Å². The third-order valence-corrected chi connectivity index (χ3v) is 22.8. The van der Waals surface area contributed by atoms with Gasteiger partial charge < -0.3 is 0 Å². The second-order valence-electron chi connectivity index (χ2n) is 14.3. The van der Waals surface area contributed by atoms with E-state index >= 15 is 0 Å². The predicted octanol–water partition coefficient (Wildman–Crippen LogP) is 11.5. The van der Waals surface area contributed by atoms with Crippen molar-refractivity contribution in [3.63, 3.8) is 0 Å². The zero-order chi connectivity index (χ0) is 28.3. The molecule has 0 N–H and O–H groups in total. The first-order valence-electron chi connectivity index (χ1n) is 15.3. The summed E-state index contributed by atoms with van der Waals surface area (Å²) in [6, 6.07) is 13.4. The fraction of sp³-hybridized carbons (Fsp3) is 0.647.